The summed E-state index contributed by atoms with van der Waals surface area (Å²) in [6.45, 7) is 10.4. The SMILES string of the molecule is CC[C@H](C(=O)NCC(C)C)N(Cc1ccc(Cl)cc1Cl)C(=O)COc1ccc(C)cc1C. The van der Waals surface area contributed by atoms with E-state index >= 15 is 0 Å². The van der Waals surface area contributed by atoms with Crippen molar-refractivity contribution in [2.24, 2.45) is 5.92 Å². The Labute approximate surface area is 201 Å². The second kappa shape index (κ2) is 12.1. The van der Waals surface area contributed by atoms with E-state index in [1.165, 1.54) is 4.90 Å². The van der Waals surface area contributed by atoms with Crippen LogP contribution >= 0.6 is 23.2 Å². The molecular formula is C25H32Cl2N2O3. The highest BCUT2D eigenvalue weighted by atomic mass is 35.5. The summed E-state index contributed by atoms with van der Waals surface area (Å²) in [6.07, 6.45) is 0.463. The average Bonchev–Trinajstić information content (AvgIpc) is 2.72. The average molecular weight is 479 g/mol. The van der Waals surface area contributed by atoms with Gasteiger partial charge in [0.15, 0.2) is 6.61 Å². The summed E-state index contributed by atoms with van der Waals surface area (Å²) in [7, 11) is 0. The summed E-state index contributed by atoms with van der Waals surface area (Å²) in [4.78, 5) is 27.7. The number of carbonyl (C=O) groups is 2. The minimum Gasteiger partial charge on any atom is -0.483 e. The molecule has 2 aromatic carbocycles. The van der Waals surface area contributed by atoms with Crippen LogP contribution in [0.4, 0.5) is 0 Å². The molecule has 2 rings (SSSR count). The molecule has 0 fully saturated rings. The predicted octanol–water partition coefficient (Wildman–Crippen LogP) is 5.57. The lowest BCUT2D eigenvalue weighted by Gasteiger charge is -2.31. The normalized spacial score (nSPS) is 11.9. The standard InChI is InChI=1S/C25H32Cl2N2O3/c1-6-22(25(31)28-13-16(2)3)29(14-19-8-9-20(26)12-21(19)27)24(30)15-32-23-10-7-17(4)11-18(23)5/h7-12,16,22H,6,13-15H2,1-5H3,(H,28,31)/t22-/m1/s1. The Bertz CT molecular complexity index is 947. The zero-order chi connectivity index (χ0) is 23.8. The predicted molar refractivity (Wildman–Crippen MR) is 130 cm³/mol. The molecule has 2 aromatic rings. The van der Waals surface area contributed by atoms with Crippen molar-refractivity contribution in [1.29, 1.82) is 0 Å². The molecule has 0 radical (unpaired) electrons. The van der Waals surface area contributed by atoms with Crippen LogP contribution in [0.2, 0.25) is 10.0 Å². The first-order chi connectivity index (χ1) is 15.1. The third kappa shape index (κ3) is 7.42. The van der Waals surface area contributed by atoms with Gasteiger partial charge in [0, 0.05) is 23.1 Å². The molecule has 0 aliphatic rings. The zero-order valence-electron chi connectivity index (χ0n) is 19.4. The molecule has 0 spiro atoms. The summed E-state index contributed by atoms with van der Waals surface area (Å²) >= 11 is 12.4. The van der Waals surface area contributed by atoms with E-state index < -0.39 is 6.04 Å². The van der Waals surface area contributed by atoms with E-state index in [0.717, 1.165) is 11.1 Å². The van der Waals surface area contributed by atoms with E-state index in [1.54, 1.807) is 18.2 Å². The number of rotatable bonds is 10. The molecule has 0 unspecified atom stereocenters. The van der Waals surface area contributed by atoms with Crippen LogP contribution in [0.1, 0.15) is 43.9 Å². The Hall–Kier alpha value is -2.24. The fraction of sp³-hybridized carbons (Fsp3) is 0.440. The number of carbonyl (C=O) groups excluding carboxylic acids is 2. The van der Waals surface area contributed by atoms with Gasteiger partial charge < -0.3 is 15.0 Å². The monoisotopic (exact) mass is 478 g/mol. The zero-order valence-corrected chi connectivity index (χ0v) is 20.9. The molecule has 0 saturated heterocycles. The number of benzene rings is 2. The fourth-order valence-corrected chi connectivity index (χ4v) is 3.83. The third-order valence-electron chi connectivity index (χ3n) is 5.11. The summed E-state index contributed by atoms with van der Waals surface area (Å²) in [5.74, 6) is 0.471. The van der Waals surface area contributed by atoms with Gasteiger partial charge in [-0.25, -0.2) is 0 Å². The van der Waals surface area contributed by atoms with Gasteiger partial charge in [-0.2, -0.15) is 0 Å². The van der Waals surface area contributed by atoms with Gasteiger partial charge in [-0.3, -0.25) is 9.59 Å². The van der Waals surface area contributed by atoms with Gasteiger partial charge in [-0.05, 0) is 55.5 Å². The number of aryl methyl sites for hydroxylation is 2. The van der Waals surface area contributed by atoms with Gasteiger partial charge in [0.05, 0.1) is 0 Å². The summed E-state index contributed by atoms with van der Waals surface area (Å²) < 4.78 is 5.82. The molecule has 0 aliphatic heterocycles. The highest BCUT2D eigenvalue weighted by Crippen LogP contribution is 2.24. The van der Waals surface area contributed by atoms with Gasteiger partial charge in [0.2, 0.25) is 5.91 Å². The third-order valence-corrected chi connectivity index (χ3v) is 5.69. The second-order valence-corrected chi connectivity index (χ2v) is 9.22. The Morgan fingerprint density at radius 1 is 1.09 bits per heavy atom. The van der Waals surface area contributed by atoms with Gasteiger partial charge in [-0.15, -0.1) is 0 Å². The highest BCUT2D eigenvalue weighted by molar-refractivity contribution is 6.35. The summed E-state index contributed by atoms with van der Waals surface area (Å²) in [5.41, 5.74) is 2.78. The van der Waals surface area contributed by atoms with Crippen LogP contribution in [0.25, 0.3) is 0 Å². The quantitative estimate of drug-likeness (QED) is 0.485. The number of amides is 2. The van der Waals surface area contributed by atoms with Crippen LogP contribution in [0, 0.1) is 19.8 Å². The molecule has 32 heavy (non-hydrogen) atoms. The smallest absolute Gasteiger partial charge is 0.261 e. The molecule has 0 aliphatic carbocycles. The molecular weight excluding hydrogens is 447 g/mol. The first-order valence-electron chi connectivity index (χ1n) is 10.8. The van der Waals surface area contributed by atoms with Crippen LogP contribution in [-0.2, 0) is 16.1 Å². The summed E-state index contributed by atoms with van der Waals surface area (Å²) in [6, 6.07) is 10.3. The maximum Gasteiger partial charge on any atom is 0.261 e. The molecule has 5 nitrogen and oxygen atoms in total. The Morgan fingerprint density at radius 3 is 2.41 bits per heavy atom. The van der Waals surface area contributed by atoms with Gasteiger partial charge in [-0.1, -0.05) is 67.7 Å². The summed E-state index contributed by atoms with van der Waals surface area (Å²) in [5, 5.41) is 3.90. The molecule has 7 heteroatoms. The lowest BCUT2D eigenvalue weighted by atomic mass is 10.1. The topological polar surface area (TPSA) is 58.6 Å². The minimum atomic E-state index is -0.643. The number of nitrogens with one attached hydrogen (secondary N) is 1. The van der Waals surface area contributed by atoms with Crippen molar-refractivity contribution < 1.29 is 14.3 Å². The highest BCUT2D eigenvalue weighted by Gasteiger charge is 2.29. The van der Waals surface area contributed by atoms with Crippen molar-refractivity contribution in [1.82, 2.24) is 10.2 Å². The van der Waals surface area contributed by atoms with Crippen molar-refractivity contribution >= 4 is 35.0 Å². The number of halogens is 2. The lowest BCUT2D eigenvalue weighted by molar-refractivity contribution is -0.143. The molecule has 0 bridgehead atoms. The fourth-order valence-electron chi connectivity index (χ4n) is 3.36. The first-order valence-corrected chi connectivity index (χ1v) is 11.6. The molecule has 0 heterocycles. The van der Waals surface area contributed by atoms with E-state index in [1.807, 2.05) is 52.8 Å². The van der Waals surface area contributed by atoms with E-state index in [2.05, 4.69) is 5.32 Å². The van der Waals surface area contributed by atoms with Crippen molar-refractivity contribution in [3.63, 3.8) is 0 Å². The van der Waals surface area contributed by atoms with Crippen LogP contribution in [0.3, 0.4) is 0 Å². The molecule has 1 atom stereocenters. The van der Waals surface area contributed by atoms with Crippen LogP contribution in [0.15, 0.2) is 36.4 Å². The minimum absolute atomic E-state index is 0.178. The molecule has 2 amide bonds. The molecule has 174 valence electrons. The number of hydrogen-bond donors (Lipinski definition) is 1. The second-order valence-electron chi connectivity index (χ2n) is 8.38. The maximum absolute atomic E-state index is 13.3. The van der Waals surface area contributed by atoms with Crippen LogP contribution in [0.5, 0.6) is 5.75 Å². The van der Waals surface area contributed by atoms with Crippen molar-refractivity contribution in [2.75, 3.05) is 13.2 Å². The van der Waals surface area contributed by atoms with Crippen LogP contribution < -0.4 is 10.1 Å². The molecule has 0 aromatic heterocycles. The van der Waals surface area contributed by atoms with Crippen LogP contribution in [-0.4, -0.2) is 35.9 Å². The largest absolute Gasteiger partial charge is 0.483 e. The van der Waals surface area contributed by atoms with E-state index in [0.29, 0.717) is 40.2 Å². The number of nitrogens with zero attached hydrogens (tertiary/aromatic N) is 1. The van der Waals surface area contributed by atoms with Crippen molar-refractivity contribution in [3.8, 4) is 5.75 Å². The van der Waals surface area contributed by atoms with E-state index in [-0.39, 0.29) is 25.0 Å². The van der Waals surface area contributed by atoms with Gasteiger partial charge >= 0.3 is 0 Å². The van der Waals surface area contributed by atoms with Gasteiger partial charge in [0.1, 0.15) is 11.8 Å². The first kappa shape index (κ1) is 26.0. The van der Waals surface area contributed by atoms with Gasteiger partial charge in [0.25, 0.3) is 5.91 Å². The van der Waals surface area contributed by atoms with E-state index in [9.17, 15) is 9.59 Å². The number of ether oxygens (including phenoxy) is 1. The van der Waals surface area contributed by atoms with Crippen molar-refractivity contribution in [3.05, 3.63) is 63.1 Å². The molecule has 1 N–H and O–H groups in total. The molecule has 0 saturated carbocycles. The van der Waals surface area contributed by atoms with E-state index in [4.69, 9.17) is 27.9 Å². The number of hydrogen-bond acceptors (Lipinski definition) is 3. The van der Waals surface area contributed by atoms with Crippen molar-refractivity contribution in [2.45, 2.75) is 53.6 Å². The Balaban J connectivity index is 2.26. The Kier molecular flexibility index (Phi) is 9.85. The lowest BCUT2D eigenvalue weighted by Crippen LogP contribution is -2.50. The maximum atomic E-state index is 13.3. The Morgan fingerprint density at radius 2 is 1.81 bits per heavy atom.